The Hall–Kier alpha value is -2.56. The van der Waals surface area contributed by atoms with E-state index in [1.807, 2.05) is 32.9 Å². The van der Waals surface area contributed by atoms with Crippen LogP contribution < -0.4 is 4.74 Å². The molecule has 2 aromatic rings. The van der Waals surface area contributed by atoms with Crippen LogP contribution in [0.1, 0.15) is 50.0 Å². The summed E-state index contributed by atoms with van der Waals surface area (Å²) in [6, 6.07) is 7.24. The maximum absolute atomic E-state index is 12.1. The number of esters is 1. The smallest absolute Gasteiger partial charge is 0.310 e. The summed E-state index contributed by atoms with van der Waals surface area (Å²) in [6.45, 7) is 6.86. The largest absolute Gasteiger partial charge is 0.507 e. The van der Waals surface area contributed by atoms with E-state index in [9.17, 15) is 14.7 Å². The predicted octanol–water partition coefficient (Wildman–Crippen LogP) is 3.78. The molecule has 25 heavy (non-hydrogen) atoms. The molecule has 1 heterocycles. The SMILES string of the molecule is CC(=O)c1c2c(c3ccccc3c1O)OC(CC(=O)OC(C)(C)C)C2. The number of phenols is 1. The lowest BCUT2D eigenvalue weighted by Gasteiger charge is -2.20. The van der Waals surface area contributed by atoms with E-state index in [-0.39, 0.29) is 29.5 Å². The van der Waals surface area contributed by atoms with Crippen molar-refractivity contribution in [2.24, 2.45) is 0 Å². The standard InChI is InChI=1S/C20H22O5/c1-11(21)17-15-9-12(10-16(22)25-20(2,3)4)24-19(15)14-8-6-5-7-13(14)18(17)23/h5-8,12,23H,9-10H2,1-4H3. The van der Waals surface area contributed by atoms with Crippen LogP contribution in [0.4, 0.5) is 0 Å². The number of ether oxygens (including phenoxy) is 2. The zero-order chi connectivity index (χ0) is 18.4. The van der Waals surface area contributed by atoms with Crippen molar-refractivity contribution in [3.8, 4) is 11.5 Å². The van der Waals surface area contributed by atoms with Gasteiger partial charge in [-0.05, 0) is 27.7 Å². The minimum Gasteiger partial charge on any atom is -0.507 e. The molecule has 1 atom stereocenters. The number of Topliss-reactive ketones (excluding diaryl/α,β-unsaturated/α-hetero) is 1. The minimum atomic E-state index is -0.557. The van der Waals surface area contributed by atoms with Crippen LogP contribution in [0, 0.1) is 0 Å². The van der Waals surface area contributed by atoms with E-state index in [4.69, 9.17) is 9.47 Å². The second-order valence-electron chi connectivity index (χ2n) is 7.37. The Balaban J connectivity index is 1.97. The van der Waals surface area contributed by atoms with Gasteiger partial charge in [-0.15, -0.1) is 0 Å². The number of phenolic OH excluding ortho intramolecular Hbond substituents is 1. The number of aromatic hydroxyl groups is 1. The Labute approximate surface area is 146 Å². The van der Waals surface area contributed by atoms with Crippen molar-refractivity contribution < 1.29 is 24.2 Å². The van der Waals surface area contributed by atoms with E-state index in [1.165, 1.54) is 6.92 Å². The number of hydrogen-bond donors (Lipinski definition) is 1. The van der Waals surface area contributed by atoms with E-state index in [0.717, 1.165) is 5.39 Å². The normalized spacial score (nSPS) is 16.4. The van der Waals surface area contributed by atoms with Crippen molar-refractivity contribution in [3.63, 3.8) is 0 Å². The maximum Gasteiger partial charge on any atom is 0.310 e. The van der Waals surface area contributed by atoms with Crippen molar-refractivity contribution in [3.05, 3.63) is 35.4 Å². The molecular weight excluding hydrogens is 320 g/mol. The van der Waals surface area contributed by atoms with Crippen molar-refractivity contribution in [1.82, 2.24) is 0 Å². The third kappa shape index (κ3) is 3.31. The average Bonchev–Trinajstić information content (AvgIpc) is 2.88. The first-order valence-corrected chi connectivity index (χ1v) is 8.33. The van der Waals surface area contributed by atoms with Crippen molar-refractivity contribution in [2.75, 3.05) is 0 Å². The number of carbonyl (C=O) groups excluding carboxylic acids is 2. The van der Waals surface area contributed by atoms with Gasteiger partial charge in [0.05, 0.1) is 12.0 Å². The second kappa shape index (κ2) is 6.06. The Morgan fingerprint density at radius 3 is 2.48 bits per heavy atom. The van der Waals surface area contributed by atoms with Crippen molar-refractivity contribution in [2.45, 2.75) is 52.2 Å². The van der Waals surface area contributed by atoms with Gasteiger partial charge >= 0.3 is 5.97 Å². The first-order chi connectivity index (χ1) is 11.7. The summed E-state index contributed by atoms with van der Waals surface area (Å²) in [7, 11) is 0. The minimum absolute atomic E-state index is 0.0247. The highest BCUT2D eigenvalue weighted by Gasteiger charge is 2.33. The highest BCUT2D eigenvalue weighted by molar-refractivity contribution is 6.08. The Morgan fingerprint density at radius 1 is 1.24 bits per heavy atom. The fourth-order valence-corrected chi connectivity index (χ4v) is 3.27. The van der Waals surface area contributed by atoms with Crippen LogP contribution >= 0.6 is 0 Å². The molecule has 0 aliphatic carbocycles. The summed E-state index contributed by atoms with van der Waals surface area (Å²) in [5.74, 6) is -0.0141. The summed E-state index contributed by atoms with van der Waals surface area (Å²) in [6.07, 6.45) is 0.0773. The van der Waals surface area contributed by atoms with E-state index in [1.54, 1.807) is 12.1 Å². The van der Waals surface area contributed by atoms with Gasteiger partial charge in [0.1, 0.15) is 23.2 Å². The lowest BCUT2D eigenvalue weighted by molar-refractivity contribution is -0.156. The summed E-state index contributed by atoms with van der Waals surface area (Å²) in [5.41, 5.74) is 0.385. The molecule has 5 heteroatoms. The average molecular weight is 342 g/mol. The zero-order valence-corrected chi connectivity index (χ0v) is 14.9. The Kier molecular flexibility index (Phi) is 4.19. The molecule has 0 radical (unpaired) electrons. The third-order valence-electron chi connectivity index (χ3n) is 4.12. The van der Waals surface area contributed by atoms with E-state index < -0.39 is 11.7 Å². The van der Waals surface area contributed by atoms with Gasteiger partial charge in [-0.25, -0.2) is 0 Å². The third-order valence-corrected chi connectivity index (χ3v) is 4.12. The highest BCUT2D eigenvalue weighted by atomic mass is 16.6. The molecule has 3 rings (SSSR count). The molecule has 1 unspecified atom stereocenters. The van der Waals surface area contributed by atoms with Crippen LogP contribution in [-0.2, 0) is 16.0 Å². The number of ketones is 1. The molecule has 0 amide bonds. The van der Waals surface area contributed by atoms with E-state index in [0.29, 0.717) is 23.1 Å². The molecule has 0 aromatic heterocycles. The van der Waals surface area contributed by atoms with Gasteiger partial charge in [0.15, 0.2) is 5.78 Å². The van der Waals surface area contributed by atoms with Gasteiger partial charge in [-0.1, -0.05) is 24.3 Å². The van der Waals surface area contributed by atoms with E-state index >= 15 is 0 Å². The van der Waals surface area contributed by atoms with Crippen LogP contribution in [0.3, 0.4) is 0 Å². The van der Waals surface area contributed by atoms with Gasteiger partial charge in [0.25, 0.3) is 0 Å². The fraction of sp³-hybridized carbons (Fsp3) is 0.400. The van der Waals surface area contributed by atoms with Gasteiger partial charge < -0.3 is 14.6 Å². The molecular formula is C20H22O5. The monoisotopic (exact) mass is 342 g/mol. The lowest BCUT2D eigenvalue weighted by atomic mass is 9.94. The lowest BCUT2D eigenvalue weighted by Crippen LogP contribution is -2.28. The molecule has 2 aromatic carbocycles. The number of fused-ring (bicyclic) bond motifs is 3. The summed E-state index contributed by atoms with van der Waals surface area (Å²) in [4.78, 5) is 24.2. The number of rotatable bonds is 3. The highest BCUT2D eigenvalue weighted by Crippen LogP contribution is 2.45. The first kappa shape index (κ1) is 17.3. The number of hydrogen-bond acceptors (Lipinski definition) is 5. The van der Waals surface area contributed by atoms with Crippen LogP contribution in [-0.4, -0.2) is 28.6 Å². The van der Waals surface area contributed by atoms with Gasteiger partial charge in [-0.2, -0.15) is 0 Å². The molecule has 0 saturated carbocycles. The van der Waals surface area contributed by atoms with Gasteiger partial charge in [-0.3, -0.25) is 9.59 Å². The number of benzene rings is 2. The molecule has 1 aliphatic rings. The van der Waals surface area contributed by atoms with E-state index in [2.05, 4.69) is 0 Å². The van der Waals surface area contributed by atoms with Crippen molar-refractivity contribution in [1.29, 1.82) is 0 Å². The van der Waals surface area contributed by atoms with Crippen LogP contribution in [0.25, 0.3) is 10.8 Å². The second-order valence-corrected chi connectivity index (χ2v) is 7.37. The van der Waals surface area contributed by atoms with Crippen LogP contribution in [0.5, 0.6) is 11.5 Å². The van der Waals surface area contributed by atoms with Gasteiger partial charge in [0, 0.05) is 22.8 Å². The van der Waals surface area contributed by atoms with Crippen LogP contribution in [0.15, 0.2) is 24.3 Å². The molecule has 1 N–H and O–H groups in total. The topological polar surface area (TPSA) is 72.8 Å². The molecule has 0 saturated heterocycles. The predicted molar refractivity (Wildman–Crippen MR) is 94.2 cm³/mol. The zero-order valence-electron chi connectivity index (χ0n) is 14.9. The quantitative estimate of drug-likeness (QED) is 0.679. The molecule has 5 nitrogen and oxygen atoms in total. The van der Waals surface area contributed by atoms with Crippen molar-refractivity contribution >= 4 is 22.5 Å². The molecule has 0 spiro atoms. The first-order valence-electron chi connectivity index (χ1n) is 8.33. The molecule has 0 bridgehead atoms. The summed E-state index contributed by atoms with van der Waals surface area (Å²) < 4.78 is 11.3. The summed E-state index contributed by atoms with van der Waals surface area (Å²) in [5, 5.41) is 11.9. The maximum atomic E-state index is 12.1. The fourth-order valence-electron chi connectivity index (χ4n) is 3.27. The molecule has 0 fully saturated rings. The van der Waals surface area contributed by atoms with Crippen LogP contribution in [0.2, 0.25) is 0 Å². The molecule has 1 aliphatic heterocycles. The van der Waals surface area contributed by atoms with Gasteiger partial charge in [0.2, 0.25) is 0 Å². The summed E-state index contributed by atoms with van der Waals surface area (Å²) >= 11 is 0. The Morgan fingerprint density at radius 2 is 1.88 bits per heavy atom. The Bertz CT molecular complexity index is 860. The molecule has 132 valence electrons. The number of carbonyl (C=O) groups is 2.